The minimum atomic E-state index is 0.234. The van der Waals surface area contributed by atoms with Gasteiger partial charge >= 0.3 is 0 Å². The van der Waals surface area contributed by atoms with Crippen molar-refractivity contribution in [2.45, 2.75) is 51.0 Å². The third-order valence-electron chi connectivity index (χ3n) is 4.79. The summed E-state index contributed by atoms with van der Waals surface area (Å²) in [6.45, 7) is 2.34. The maximum atomic E-state index is 12.6. The molecule has 1 aliphatic carbocycles. The van der Waals surface area contributed by atoms with Crippen LogP contribution in [0, 0.1) is 11.8 Å². The van der Waals surface area contributed by atoms with Crippen molar-refractivity contribution in [1.29, 1.82) is 0 Å². The molecule has 0 aromatic carbocycles. The number of rotatable bonds is 4. The molecule has 1 heterocycles. The molecule has 1 amide bonds. The van der Waals surface area contributed by atoms with Crippen LogP contribution in [0.1, 0.15) is 44.9 Å². The van der Waals surface area contributed by atoms with Crippen molar-refractivity contribution in [3.8, 4) is 0 Å². The van der Waals surface area contributed by atoms with Crippen molar-refractivity contribution >= 4 is 5.91 Å². The largest absolute Gasteiger partial charge is 0.381 e. The summed E-state index contributed by atoms with van der Waals surface area (Å²) >= 11 is 0. The van der Waals surface area contributed by atoms with Gasteiger partial charge in [0.2, 0.25) is 5.91 Å². The van der Waals surface area contributed by atoms with E-state index in [0.717, 1.165) is 51.9 Å². The Kier molecular flexibility index (Phi) is 5.64. The van der Waals surface area contributed by atoms with E-state index in [1.807, 2.05) is 11.9 Å². The molecule has 0 bridgehead atoms. The van der Waals surface area contributed by atoms with Gasteiger partial charge in [-0.1, -0.05) is 12.8 Å². The van der Waals surface area contributed by atoms with Crippen LogP contribution in [-0.4, -0.2) is 43.7 Å². The maximum Gasteiger partial charge on any atom is 0.225 e. The molecule has 0 aromatic rings. The van der Waals surface area contributed by atoms with E-state index in [1.165, 1.54) is 12.8 Å². The lowest BCUT2D eigenvalue weighted by molar-refractivity contribution is -0.139. The number of carbonyl (C=O) groups is 1. The van der Waals surface area contributed by atoms with Gasteiger partial charge in [-0.15, -0.1) is 0 Å². The smallest absolute Gasteiger partial charge is 0.225 e. The van der Waals surface area contributed by atoms with E-state index in [0.29, 0.717) is 17.9 Å². The zero-order valence-electron chi connectivity index (χ0n) is 12.1. The number of amides is 1. The van der Waals surface area contributed by atoms with Crippen molar-refractivity contribution in [1.82, 2.24) is 4.90 Å². The number of hydrogen-bond donors (Lipinski definition) is 1. The highest BCUT2D eigenvalue weighted by Gasteiger charge is 2.31. The Morgan fingerprint density at radius 2 is 2.00 bits per heavy atom. The second-order valence-electron chi connectivity index (χ2n) is 6.10. The molecule has 0 radical (unpaired) electrons. The highest BCUT2D eigenvalue weighted by atomic mass is 16.5. The lowest BCUT2D eigenvalue weighted by Crippen LogP contribution is -2.44. The zero-order chi connectivity index (χ0) is 13.7. The fraction of sp³-hybridized carbons (Fsp3) is 0.933. The quantitative estimate of drug-likeness (QED) is 0.845. The Hall–Kier alpha value is -0.610. The molecule has 2 unspecified atom stereocenters. The summed E-state index contributed by atoms with van der Waals surface area (Å²) in [5, 5.41) is 0. The Labute approximate surface area is 116 Å². The van der Waals surface area contributed by atoms with Crippen LogP contribution in [0.3, 0.4) is 0 Å². The third kappa shape index (κ3) is 3.93. The first-order chi connectivity index (χ1) is 9.22. The Morgan fingerprint density at radius 3 is 2.68 bits per heavy atom. The topological polar surface area (TPSA) is 55.6 Å². The molecule has 2 atom stereocenters. The van der Waals surface area contributed by atoms with Crippen LogP contribution in [0.25, 0.3) is 0 Å². The molecule has 19 heavy (non-hydrogen) atoms. The van der Waals surface area contributed by atoms with Gasteiger partial charge in [0.15, 0.2) is 0 Å². The highest BCUT2D eigenvalue weighted by molar-refractivity contribution is 5.79. The van der Waals surface area contributed by atoms with E-state index in [2.05, 4.69) is 0 Å². The second kappa shape index (κ2) is 7.25. The molecule has 110 valence electrons. The molecule has 2 fully saturated rings. The van der Waals surface area contributed by atoms with E-state index < -0.39 is 0 Å². The van der Waals surface area contributed by atoms with Crippen molar-refractivity contribution in [3.63, 3.8) is 0 Å². The summed E-state index contributed by atoms with van der Waals surface area (Å²) in [4.78, 5) is 14.6. The lowest BCUT2D eigenvalue weighted by Gasteiger charge is -2.36. The monoisotopic (exact) mass is 268 g/mol. The average Bonchev–Trinajstić information content (AvgIpc) is 2.47. The molecule has 4 nitrogen and oxygen atoms in total. The minimum absolute atomic E-state index is 0.234. The first-order valence-electron chi connectivity index (χ1n) is 7.77. The molecule has 2 N–H and O–H groups in total. The van der Waals surface area contributed by atoms with Gasteiger partial charge < -0.3 is 15.4 Å². The SMILES string of the molecule is CN(C(=O)C1CCCC(CCN)C1)C1CCOCC1. The van der Waals surface area contributed by atoms with E-state index in [4.69, 9.17) is 10.5 Å². The third-order valence-corrected chi connectivity index (χ3v) is 4.79. The summed E-state index contributed by atoms with van der Waals surface area (Å²) < 4.78 is 5.37. The van der Waals surface area contributed by atoms with Gasteiger partial charge in [-0.3, -0.25) is 4.79 Å². The van der Waals surface area contributed by atoms with Crippen LogP contribution in [0.4, 0.5) is 0 Å². The molecule has 2 rings (SSSR count). The molecule has 0 aromatic heterocycles. The molecule has 2 aliphatic rings. The predicted octanol–water partition coefficient (Wildman–Crippen LogP) is 1.78. The number of ether oxygens (including phenoxy) is 1. The van der Waals surface area contributed by atoms with E-state index >= 15 is 0 Å². The molecular formula is C15H28N2O2. The lowest BCUT2D eigenvalue weighted by atomic mass is 9.79. The highest BCUT2D eigenvalue weighted by Crippen LogP contribution is 2.32. The normalized spacial score (nSPS) is 29.2. The molecule has 1 saturated heterocycles. The number of hydrogen-bond acceptors (Lipinski definition) is 3. The molecule has 4 heteroatoms. The van der Waals surface area contributed by atoms with E-state index in [-0.39, 0.29) is 5.92 Å². The zero-order valence-corrected chi connectivity index (χ0v) is 12.1. The van der Waals surface area contributed by atoms with Crippen LogP contribution in [0.5, 0.6) is 0 Å². The van der Waals surface area contributed by atoms with Gasteiger partial charge in [0.1, 0.15) is 0 Å². The Bertz CT molecular complexity index is 288. The molecular weight excluding hydrogens is 240 g/mol. The Morgan fingerprint density at radius 1 is 1.26 bits per heavy atom. The first-order valence-corrected chi connectivity index (χ1v) is 7.77. The molecule has 1 aliphatic heterocycles. The van der Waals surface area contributed by atoms with Crippen LogP contribution < -0.4 is 5.73 Å². The predicted molar refractivity (Wildman–Crippen MR) is 75.7 cm³/mol. The van der Waals surface area contributed by atoms with Crippen LogP contribution >= 0.6 is 0 Å². The van der Waals surface area contributed by atoms with Crippen molar-refractivity contribution in [2.24, 2.45) is 17.6 Å². The van der Waals surface area contributed by atoms with Crippen LogP contribution in [0.2, 0.25) is 0 Å². The van der Waals surface area contributed by atoms with Gasteiger partial charge in [-0.25, -0.2) is 0 Å². The van der Waals surface area contributed by atoms with E-state index in [1.54, 1.807) is 0 Å². The number of nitrogens with zero attached hydrogens (tertiary/aromatic N) is 1. The summed E-state index contributed by atoms with van der Waals surface area (Å²) in [5.41, 5.74) is 5.65. The maximum absolute atomic E-state index is 12.6. The minimum Gasteiger partial charge on any atom is -0.381 e. The number of nitrogens with two attached hydrogens (primary N) is 1. The summed E-state index contributed by atoms with van der Waals surface area (Å²) in [5.74, 6) is 1.25. The second-order valence-corrected chi connectivity index (χ2v) is 6.10. The average molecular weight is 268 g/mol. The van der Waals surface area contributed by atoms with Crippen molar-refractivity contribution < 1.29 is 9.53 Å². The van der Waals surface area contributed by atoms with Crippen molar-refractivity contribution in [2.75, 3.05) is 26.8 Å². The molecule has 0 spiro atoms. The van der Waals surface area contributed by atoms with Gasteiger partial charge in [0.05, 0.1) is 0 Å². The first kappa shape index (κ1) is 14.8. The van der Waals surface area contributed by atoms with Gasteiger partial charge in [0, 0.05) is 32.2 Å². The fourth-order valence-electron chi connectivity index (χ4n) is 3.55. The number of carbonyl (C=O) groups excluding carboxylic acids is 1. The summed E-state index contributed by atoms with van der Waals surface area (Å²) in [6, 6.07) is 0.385. The van der Waals surface area contributed by atoms with Gasteiger partial charge in [-0.05, 0) is 44.6 Å². The fourth-order valence-corrected chi connectivity index (χ4v) is 3.55. The molecule has 1 saturated carbocycles. The van der Waals surface area contributed by atoms with Gasteiger partial charge in [0.25, 0.3) is 0 Å². The Balaban J connectivity index is 1.86. The summed E-state index contributed by atoms with van der Waals surface area (Å²) in [7, 11) is 1.98. The summed E-state index contributed by atoms with van der Waals surface area (Å²) in [6.07, 6.45) is 7.59. The van der Waals surface area contributed by atoms with Crippen LogP contribution in [-0.2, 0) is 9.53 Å². The van der Waals surface area contributed by atoms with Crippen LogP contribution in [0.15, 0.2) is 0 Å². The standard InChI is InChI=1S/C15H28N2O2/c1-17(14-6-9-19-10-7-14)15(18)13-4-2-3-12(11-13)5-8-16/h12-14H,2-11,16H2,1H3. The van der Waals surface area contributed by atoms with Gasteiger partial charge in [-0.2, -0.15) is 0 Å². The van der Waals surface area contributed by atoms with Crippen molar-refractivity contribution in [3.05, 3.63) is 0 Å². The van der Waals surface area contributed by atoms with E-state index in [9.17, 15) is 4.79 Å².